The summed E-state index contributed by atoms with van der Waals surface area (Å²) in [6, 6.07) is 0. The Bertz CT molecular complexity index is 353. The van der Waals surface area contributed by atoms with Gasteiger partial charge in [0, 0.05) is 24.5 Å². The van der Waals surface area contributed by atoms with Crippen LogP contribution < -0.4 is 5.73 Å². The van der Waals surface area contributed by atoms with Gasteiger partial charge in [-0.1, -0.05) is 0 Å². The first kappa shape index (κ1) is 12.2. The van der Waals surface area contributed by atoms with Gasteiger partial charge in [-0.2, -0.15) is 0 Å². The molecule has 0 aromatic carbocycles. The van der Waals surface area contributed by atoms with Crippen LogP contribution in [0.15, 0.2) is 0 Å². The first-order valence-electron chi connectivity index (χ1n) is 8.22. The summed E-state index contributed by atoms with van der Waals surface area (Å²) in [5.74, 6) is 3.49. The van der Waals surface area contributed by atoms with Crippen molar-refractivity contribution in [2.75, 3.05) is 13.1 Å². The number of hydrogen-bond donors (Lipinski definition) is 1. The second-order valence-electron chi connectivity index (χ2n) is 7.69. The molecule has 3 nitrogen and oxygen atoms in total. The predicted octanol–water partition coefficient (Wildman–Crippen LogP) is 2.15. The number of nitrogens with two attached hydrogens (primary N) is 1. The average molecular weight is 262 g/mol. The van der Waals surface area contributed by atoms with Gasteiger partial charge >= 0.3 is 0 Å². The van der Waals surface area contributed by atoms with E-state index in [1.807, 2.05) is 0 Å². The fraction of sp³-hybridized carbons (Fsp3) is 0.938. The summed E-state index contributed by atoms with van der Waals surface area (Å²) in [6.45, 7) is 1.42. The van der Waals surface area contributed by atoms with Gasteiger partial charge in [0.05, 0.1) is 0 Å². The molecular weight excluding hydrogens is 236 g/mol. The number of carbonyl (C=O) groups is 1. The zero-order valence-corrected chi connectivity index (χ0v) is 11.8. The second kappa shape index (κ2) is 4.21. The molecule has 5 rings (SSSR count). The van der Waals surface area contributed by atoms with Crippen molar-refractivity contribution < 1.29 is 4.79 Å². The Morgan fingerprint density at radius 2 is 1.58 bits per heavy atom. The van der Waals surface area contributed by atoms with Crippen LogP contribution in [0.4, 0.5) is 0 Å². The van der Waals surface area contributed by atoms with Gasteiger partial charge in [0.1, 0.15) is 0 Å². The fourth-order valence-electron chi connectivity index (χ4n) is 5.66. The lowest BCUT2D eigenvalue weighted by Gasteiger charge is -2.60. The van der Waals surface area contributed by atoms with Crippen LogP contribution in [0.5, 0.6) is 0 Å². The summed E-state index contributed by atoms with van der Waals surface area (Å²) in [5, 5.41) is 0. The highest BCUT2D eigenvalue weighted by atomic mass is 16.2. The van der Waals surface area contributed by atoms with E-state index in [0.717, 1.165) is 37.1 Å². The molecule has 5 saturated carbocycles. The van der Waals surface area contributed by atoms with Gasteiger partial charge in [-0.05, 0) is 69.1 Å². The van der Waals surface area contributed by atoms with Gasteiger partial charge in [0.25, 0.3) is 0 Å². The molecule has 0 saturated heterocycles. The Hall–Kier alpha value is -0.570. The van der Waals surface area contributed by atoms with E-state index in [-0.39, 0.29) is 5.54 Å². The van der Waals surface area contributed by atoms with Crippen LogP contribution in [0.3, 0.4) is 0 Å². The molecular formula is C16H26N2O. The van der Waals surface area contributed by atoms with Gasteiger partial charge in [-0.15, -0.1) is 0 Å². The molecule has 0 unspecified atom stereocenters. The van der Waals surface area contributed by atoms with E-state index in [2.05, 4.69) is 4.90 Å². The van der Waals surface area contributed by atoms with Crippen molar-refractivity contribution in [1.29, 1.82) is 0 Å². The summed E-state index contributed by atoms with van der Waals surface area (Å²) >= 11 is 0. The largest absolute Gasteiger partial charge is 0.335 e. The van der Waals surface area contributed by atoms with Gasteiger partial charge in [0.2, 0.25) is 5.91 Å². The van der Waals surface area contributed by atoms with Gasteiger partial charge in [-0.3, -0.25) is 4.79 Å². The Morgan fingerprint density at radius 3 is 2.00 bits per heavy atom. The topological polar surface area (TPSA) is 46.3 Å². The number of carbonyl (C=O) groups excluding carboxylic acids is 1. The third-order valence-corrected chi connectivity index (χ3v) is 6.12. The first-order valence-corrected chi connectivity index (χ1v) is 8.22. The van der Waals surface area contributed by atoms with Crippen molar-refractivity contribution in [3.8, 4) is 0 Å². The van der Waals surface area contributed by atoms with E-state index in [0.29, 0.717) is 18.4 Å². The fourth-order valence-corrected chi connectivity index (χ4v) is 5.66. The van der Waals surface area contributed by atoms with Crippen LogP contribution in [0.25, 0.3) is 0 Å². The molecule has 3 heteroatoms. The van der Waals surface area contributed by atoms with Crippen molar-refractivity contribution in [1.82, 2.24) is 4.90 Å². The third-order valence-electron chi connectivity index (χ3n) is 6.12. The average Bonchev–Trinajstić information content (AvgIpc) is 3.17. The molecule has 106 valence electrons. The van der Waals surface area contributed by atoms with E-state index < -0.39 is 0 Å². The van der Waals surface area contributed by atoms with Gasteiger partial charge < -0.3 is 10.6 Å². The SMILES string of the molecule is NCCN(C(=O)C1CC1)C12CC3CC(CC(C3)C1)C2. The van der Waals surface area contributed by atoms with Crippen molar-refractivity contribution in [3.63, 3.8) is 0 Å². The van der Waals surface area contributed by atoms with Crippen LogP contribution in [0.1, 0.15) is 51.4 Å². The predicted molar refractivity (Wildman–Crippen MR) is 74.4 cm³/mol. The van der Waals surface area contributed by atoms with E-state index in [4.69, 9.17) is 5.73 Å². The molecule has 0 aliphatic heterocycles. The number of nitrogens with zero attached hydrogens (tertiary/aromatic N) is 1. The minimum Gasteiger partial charge on any atom is -0.335 e. The second-order valence-corrected chi connectivity index (χ2v) is 7.69. The lowest BCUT2D eigenvalue weighted by Crippen LogP contribution is -2.62. The molecule has 0 spiro atoms. The van der Waals surface area contributed by atoms with Crippen LogP contribution in [0.2, 0.25) is 0 Å². The summed E-state index contributed by atoms with van der Waals surface area (Å²) in [6.07, 6.45) is 10.4. The zero-order chi connectivity index (χ0) is 13.0. The van der Waals surface area contributed by atoms with E-state index in [1.54, 1.807) is 0 Å². The molecule has 0 radical (unpaired) electrons. The third kappa shape index (κ3) is 1.93. The molecule has 19 heavy (non-hydrogen) atoms. The molecule has 2 N–H and O–H groups in total. The summed E-state index contributed by atoms with van der Waals surface area (Å²) < 4.78 is 0. The Kier molecular flexibility index (Phi) is 2.70. The quantitative estimate of drug-likeness (QED) is 0.844. The minimum atomic E-state index is 0.216. The normalized spacial score (nSPS) is 43.5. The Labute approximate surface area is 115 Å². The summed E-state index contributed by atoms with van der Waals surface area (Å²) in [7, 11) is 0. The van der Waals surface area contributed by atoms with Crippen LogP contribution in [-0.2, 0) is 4.79 Å². The molecule has 5 fully saturated rings. The number of hydrogen-bond acceptors (Lipinski definition) is 2. The molecule has 5 aliphatic carbocycles. The minimum absolute atomic E-state index is 0.216. The van der Waals surface area contributed by atoms with Crippen molar-refractivity contribution in [2.24, 2.45) is 29.4 Å². The maximum atomic E-state index is 12.7. The standard InChI is InChI=1S/C16H26N2O/c17-3-4-18(15(19)14-1-2-14)16-8-11-5-12(9-16)7-13(6-11)10-16/h11-14H,1-10,17H2. The van der Waals surface area contributed by atoms with Crippen LogP contribution in [0, 0.1) is 23.7 Å². The summed E-state index contributed by atoms with van der Waals surface area (Å²) in [4.78, 5) is 14.9. The maximum Gasteiger partial charge on any atom is 0.226 e. The van der Waals surface area contributed by atoms with Gasteiger partial charge in [0.15, 0.2) is 0 Å². The highest BCUT2D eigenvalue weighted by Gasteiger charge is 2.55. The number of rotatable bonds is 4. The Morgan fingerprint density at radius 1 is 1.05 bits per heavy atom. The van der Waals surface area contributed by atoms with Crippen molar-refractivity contribution >= 4 is 5.91 Å². The molecule has 0 aromatic rings. The van der Waals surface area contributed by atoms with E-state index in [1.165, 1.54) is 38.5 Å². The van der Waals surface area contributed by atoms with Crippen molar-refractivity contribution in [3.05, 3.63) is 0 Å². The smallest absolute Gasteiger partial charge is 0.226 e. The van der Waals surface area contributed by atoms with E-state index >= 15 is 0 Å². The molecule has 0 heterocycles. The van der Waals surface area contributed by atoms with Crippen LogP contribution in [-0.4, -0.2) is 29.4 Å². The molecule has 5 aliphatic rings. The summed E-state index contributed by atoms with van der Waals surface area (Å²) in [5.41, 5.74) is 6.03. The maximum absolute atomic E-state index is 12.7. The highest BCUT2D eigenvalue weighted by Crippen LogP contribution is 2.58. The van der Waals surface area contributed by atoms with Crippen LogP contribution >= 0.6 is 0 Å². The monoisotopic (exact) mass is 262 g/mol. The van der Waals surface area contributed by atoms with E-state index in [9.17, 15) is 4.79 Å². The lowest BCUT2D eigenvalue weighted by atomic mass is 9.52. The Balaban J connectivity index is 1.62. The first-order chi connectivity index (χ1) is 9.20. The highest BCUT2D eigenvalue weighted by molar-refractivity contribution is 5.82. The van der Waals surface area contributed by atoms with Crippen molar-refractivity contribution in [2.45, 2.75) is 56.9 Å². The molecule has 1 amide bonds. The molecule has 0 atom stereocenters. The molecule has 0 aromatic heterocycles. The molecule has 4 bridgehead atoms. The van der Waals surface area contributed by atoms with Gasteiger partial charge in [-0.25, -0.2) is 0 Å². The lowest BCUT2D eigenvalue weighted by molar-refractivity contribution is -0.151. The zero-order valence-electron chi connectivity index (χ0n) is 11.8. The number of amides is 1.